The van der Waals surface area contributed by atoms with Crippen molar-refractivity contribution in [2.24, 2.45) is 22.7 Å². The first-order valence-corrected chi connectivity index (χ1v) is 44.5. The fraction of sp³-hybridized carbons (Fsp3) is 0.207. The van der Waals surface area contributed by atoms with E-state index >= 15 is 0 Å². The molecule has 27 rings (SSSR count). The second-order valence-electron chi connectivity index (χ2n) is 34.9. The second kappa shape index (κ2) is 35.6. The third-order valence-electron chi connectivity index (χ3n) is 27.2. The molecule has 12 aliphatic carbocycles. The Labute approximate surface area is 748 Å². The van der Waals surface area contributed by atoms with Gasteiger partial charge in [0.05, 0.1) is 97.2 Å². The van der Waals surface area contributed by atoms with Crippen LogP contribution in [0.3, 0.4) is 0 Å². The maximum absolute atomic E-state index is 8.40. The molecule has 0 atom stereocenters. The molecule has 12 heteroatoms. The van der Waals surface area contributed by atoms with E-state index in [0.29, 0.717) is 49.4 Å². The third-order valence-corrected chi connectivity index (χ3v) is 27.2. The Balaban J connectivity index is 0.728. The first-order valence-electron chi connectivity index (χ1n) is 44.5. The van der Waals surface area contributed by atoms with E-state index in [0.717, 1.165) is 123 Å². The van der Waals surface area contributed by atoms with Crippen molar-refractivity contribution in [3.05, 3.63) is 524 Å². The van der Waals surface area contributed by atoms with Crippen LogP contribution < -0.4 is 18.9 Å². The Morgan fingerprint density at radius 3 is 0.633 bits per heavy atom. The summed E-state index contributed by atoms with van der Waals surface area (Å²) in [5, 5.41) is 0. The van der Waals surface area contributed by atoms with Gasteiger partial charge in [0.2, 0.25) is 0 Å². The van der Waals surface area contributed by atoms with Gasteiger partial charge in [0.1, 0.15) is 98.9 Å². The molecule has 14 aromatic carbocycles. The standard InChI is InChI=1S/C116H100O12/c1-9-33-83(34-10-1)69-121-93-57-91(58-94(61-93)122-70-84-35-11-2-12-36-84)67-117-79-113-97-49-25-29-53-101(97)115(102-54-30-26-50-98(102)113)81-119-78-112-65-107(127-75-89-45-21-7-22-46-89)110(108(66-112)128-76-90-47-23-8-24-48-90)114(80-118-68-92-59-95(123-71-85-37-13-3-14-38-85)62-96(60-92)124-72-86-39-15-4-16-40-86)99-51-27-31-55-103(99)116(112,104-56-32-28-52-100(104)114)82-120-77-111(115)63-105(125-73-87-41-17-5-18-42-87)109(113)106(64-111)126-74-88-43-19-6-20-44-88/h1-66,109-110H,67-82H2. The van der Waals surface area contributed by atoms with Crippen molar-refractivity contribution in [2.45, 2.75) is 87.7 Å². The van der Waals surface area contributed by atoms with Gasteiger partial charge in [-0.1, -0.05) is 340 Å². The topological polar surface area (TPSA) is 111 Å². The molecule has 8 bridgehead atoms. The average Bonchev–Trinajstić information content (AvgIpc) is 0.655. The minimum absolute atomic E-state index is 0.134. The highest BCUT2D eigenvalue weighted by Crippen LogP contribution is 2.71. The first-order chi connectivity index (χ1) is 63.3. The summed E-state index contributed by atoms with van der Waals surface area (Å²) < 4.78 is 89.8. The maximum atomic E-state index is 8.40. The Hall–Kier alpha value is -13.7. The van der Waals surface area contributed by atoms with Gasteiger partial charge in [-0.2, -0.15) is 0 Å². The van der Waals surface area contributed by atoms with E-state index in [1.807, 2.05) is 84.9 Å². The number of hydrogen-bond acceptors (Lipinski definition) is 12. The summed E-state index contributed by atoms with van der Waals surface area (Å²) in [6, 6.07) is 131. The van der Waals surface area contributed by atoms with E-state index < -0.39 is 44.3 Å². The lowest BCUT2D eigenvalue weighted by atomic mass is 9.42. The van der Waals surface area contributed by atoms with Crippen molar-refractivity contribution < 1.29 is 56.8 Å². The largest absolute Gasteiger partial charge is 0.493 e. The molecule has 14 aromatic rings. The maximum Gasteiger partial charge on any atom is 0.123 e. The highest BCUT2D eigenvalue weighted by atomic mass is 16.5. The van der Waals surface area contributed by atoms with Gasteiger partial charge >= 0.3 is 0 Å². The van der Waals surface area contributed by atoms with E-state index in [-0.39, 0.29) is 79.3 Å². The molecule has 636 valence electrons. The normalized spacial score (nSPS) is 22.2. The molecule has 0 radical (unpaired) electrons. The molecule has 0 aromatic heterocycles. The Morgan fingerprint density at radius 2 is 0.406 bits per heavy atom. The van der Waals surface area contributed by atoms with Gasteiger partial charge in [-0.05, 0) is 149 Å². The predicted octanol–water partition coefficient (Wildman–Crippen LogP) is 23.6. The number of benzene rings is 14. The summed E-state index contributed by atoms with van der Waals surface area (Å²) in [6.07, 6.45) is 9.67. The van der Waals surface area contributed by atoms with Crippen LogP contribution in [0.5, 0.6) is 23.0 Å². The van der Waals surface area contributed by atoms with Gasteiger partial charge in [0.25, 0.3) is 0 Å². The Morgan fingerprint density at radius 1 is 0.203 bits per heavy atom. The third kappa shape index (κ3) is 15.2. The molecule has 1 fully saturated rings. The summed E-state index contributed by atoms with van der Waals surface area (Å²) in [6.45, 7) is 3.93. The van der Waals surface area contributed by atoms with Crippen molar-refractivity contribution >= 4 is 0 Å². The zero-order chi connectivity index (χ0) is 85.6. The summed E-state index contributed by atoms with van der Waals surface area (Å²) in [4.78, 5) is 0. The molecular weight excluding hydrogens is 1590 g/mol. The zero-order valence-electron chi connectivity index (χ0n) is 71.5. The van der Waals surface area contributed by atoms with Crippen molar-refractivity contribution in [1.29, 1.82) is 0 Å². The van der Waals surface area contributed by atoms with Crippen LogP contribution in [0.2, 0.25) is 0 Å². The highest BCUT2D eigenvalue weighted by Gasteiger charge is 2.71. The van der Waals surface area contributed by atoms with Gasteiger partial charge in [-0.3, -0.25) is 0 Å². The van der Waals surface area contributed by atoms with Crippen LogP contribution in [-0.2, 0) is 126 Å². The highest BCUT2D eigenvalue weighted by molar-refractivity contribution is 5.71. The molecule has 0 amide bonds. The Kier molecular flexibility index (Phi) is 22.6. The number of hydrogen-bond donors (Lipinski definition) is 0. The summed E-state index contributed by atoms with van der Waals surface area (Å²) in [7, 11) is 0. The fourth-order valence-corrected chi connectivity index (χ4v) is 21.4. The molecule has 1 saturated heterocycles. The minimum atomic E-state index is -1.13. The quantitative estimate of drug-likeness (QED) is 0.0400. The van der Waals surface area contributed by atoms with E-state index in [2.05, 4.69) is 315 Å². The van der Waals surface area contributed by atoms with Crippen LogP contribution in [0.1, 0.15) is 100 Å². The van der Waals surface area contributed by atoms with Crippen LogP contribution in [0.25, 0.3) is 0 Å². The van der Waals surface area contributed by atoms with Crippen molar-refractivity contribution in [1.82, 2.24) is 0 Å². The zero-order valence-corrected chi connectivity index (χ0v) is 71.5. The van der Waals surface area contributed by atoms with Crippen LogP contribution in [0.15, 0.2) is 423 Å². The fourth-order valence-electron chi connectivity index (χ4n) is 21.4. The molecule has 4 spiro atoms. The first kappa shape index (κ1) is 81.3. The molecule has 0 unspecified atom stereocenters. The minimum Gasteiger partial charge on any atom is -0.493 e. The van der Waals surface area contributed by atoms with Crippen LogP contribution in [-0.4, -0.2) is 39.6 Å². The molecule has 0 N–H and O–H groups in total. The van der Waals surface area contributed by atoms with Gasteiger partial charge in [-0.25, -0.2) is 0 Å². The van der Waals surface area contributed by atoms with Crippen LogP contribution >= 0.6 is 0 Å². The molecule has 128 heavy (non-hydrogen) atoms. The molecule has 12 nitrogen and oxygen atoms in total. The molecule has 1 aliphatic heterocycles. The monoisotopic (exact) mass is 1680 g/mol. The van der Waals surface area contributed by atoms with Gasteiger partial charge in [-0.15, -0.1) is 0 Å². The summed E-state index contributed by atoms with van der Waals surface area (Å²) >= 11 is 0. The van der Waals surface area contributed by atoms with Crippen LogP contribution in [0.4, 0.5) is 0 Å². The molecule has 1 heterocycles. The predicted molar refractivity (Wildman–Crippen MR) is 495 cm³/mol. The lowest BCUT2D eigenvalue weighted by molar-refractivity contribution is -0.0763. The SMILES string of the molecule is C1=C(OCc2ccccc2)C2C(OCc3ccccc3)=CC13COCC14c5ccccc5C(COCc5cc(OCc6ccccc6)cc(OCc6ccccc6)c5)(c5ccccc51)C1C(OCc5ccccc5)=CC4(C=C1OCc1ccccc1)COCC31c3ccccc3C2(COCc2cc(OCc3ccccc3)cc(OCc3ccccc3)c2)c2ccccc21. The van der Waals surface area contributed by atoms with E-state index in [1.54, 1.807) is 0 Å². The molecule has 0 saturated carbocycles. The van der Waals surface area contributed by atoms with Gasteiger partial charge in [0.15, 0.2) is 0 Å². The lowest BCUT2D eigenvalue weighted by Gasteiger charge is -2.64. The summed E-state index contributed by atoms with van der Waals surface area (Å²) in [5.41, 5.74) is 12.3. The molecular formula is C116H100O12. The smallest absolute Gasteiger partial charge is 0.123 e. The van der Waals surface area contributed by atoms with Gasteiger partial charge < -0.3 is 56.8 Å². The second-order valence-corrected chi connectivity index (χ2v) is 34.9. The molecule has 13 aliphatic rings. The van der Waals surface area contributed by atoms with Crippen LogP contribution in [0, 0.1) is 22.7 Å². The van der Waals surface area contributed by atoms with Crippen molar-refractivity contribution in [3.8, 4) is 23.0 Å². The average molecular weight is 1690 g/mol. The van der Waals surface area contributed by atoms with Gasteiger partial charge in [0, 0.05) is 12.1 Å². The lowest BCUT2D eigenvalue weighted by Crippen LogP contribution is -2.65. The van der Waals surface area contributed by atoms with E-state index in [9.17, 15) is 0 Å². The number of ether oxygens (including phenoxy) is 12. The van der Waals surface area contributed by atoms with E-state index in [1.165, 1.54) is 0 Å². The number of rotatable bonds is 32. The van der Waals surface area contributed by atoms with E-state index in [4.69, 9.17) is 56.8 Å². The van der Waals surface area contributed by atoms with Crippen molar-refractivity contribution in [2.75, 3.05) is 39.6 Å². The Bertz CT molecular complexity index is 5650. The van der Waals surface area contributed by atoms with Crippen molar-refractivity contribution in [3.63, 3.8) is 0 Å². The summed E-state index contributed by atoms with van der Waals surface area (Å²) in [5.74, 6) is 4.45.